The molecule has 124 valence electrons. The van der Waals surface area contributed by atoms with Crippen molar-refractivity contribution in [1.29, 1.82) is 0 Å². The summed E-state index contributed by atoms with van der Waals surface area (Å²) in [6.45, 7) is 1.86. The first kappa shape index (κ1) is 16.0. The predicted molar refractivity (Wildman–Crippen MR) is 91.2 cm³/mol. The molecule has 0 unspecified atom stereocenters. The number of rotatable bonds is 4. The van der Waals surface area contributed by atoms with E-state index in [0.29, 0.717) is 12.1 Å². The molecule has 2 heterocycles. The fourth-order valence-corrected chi connectivity index (χ4v) is 2.98. The first-order valence-electron chi connectivity index (χ1n) is 7.65. The quantitative estimate of drug-likeness (QED) is 0.685. The number of aliphatic hydroxyl groups excluding tert-OH is 1. The molecule has 3 aromatic rings. The van der Waals surface area contributed by atoms with Crippen LogP contribution < -0.4 is 5.56 Å². The highest BCUT2D eigenvalue weighted by molar-refractivity contribution is 5.89. The number of carbonyl (C=O) groups is 1. The molecule has 3 N–H and O–H groups in total. The molecular weight excluding hydrogens is 308 g/mol. The zero-order chi connectivity index (χ0) is 17.4. The van der Waals surface area contributed by atoms with Crippen LogP contribution in [-0.4, -0.2) is 25.7 Å². The van der Waals surface area contributed by atoms with Crippen LogP contribution in [0.1, 0.15) is 28.5 Å². The van der Waals surface area contributed by atoms with Crippen LogP contribution in [0.25, 0.3) is 22.2 Å². The minimum Gasteiger partial charge on any atom is -0.477 e. The Kier molecular flexibility index (Phi) is 3.99. The Bertz CT molecular complexity index is 998. The number of aromatic carboxylic acids is 1. The molecule has 3 rings (SSSR count). The highest BCUT2D eigenvalue weighted by Crippen LogP contribution is 2.27. The van der Waals surface area contributed by atoms with Gasteiger partial charge in [-0.05, 0) is 41.8 Å². The third-order valence-corrected chi connectivity index (χ3v) is 4.33. The van der Waals surface area contributed by atoms with Crippen molar-refractivity contribution in [3.8, 4) is 11.3 Å². The van der Waals surface area contributed by atoms with Gasteiger partial charge in [-0.15, -0.1) is 0 Å². The molecule has 0 aliphatic carbocycles. The molecule has 0 aliphatic heterocycles. The number of nitrogens with zero attached hydrogens (tertiary/aromatic N) is 1. The highest BCUT2D eigenvalue weighted by Gasteiger charge is 2.15. The molecule has 6 heteroatoms. The third-order valence-electron chi connectivity index (χ3n) is 4.33. The van der Waals surface area contributed by atoms with Crippen molar-refractivity contribution in [1.82, 2.24) is 9.55 Å². The lowest BCUT2D eigenvalue weighted by Crippen LogP contribution is -2.19. The Morgan fingerprint density at radius 3 is 2.62 bits per heavy atom. The number of nitrogens with one attached hydrogen (secondary N) is 1. The van der Waals surface area contributed by atoms with Crippen LogP contribution in [0.2, 0.25) is 0 Å². The van der Waals surface area contributed by atoms with E-state index in [9.17, 15) is 14.7 Å². The Morgan fingerprint density at radius 1 is 1.25 bits per heavy atom. The molecule has 0 fully saturated rings. The van der Waals surface area contributed by atoms with Gasteiger partial charge in [0.05, 0.1) is 12.3 Å². The van der Waals surface area contributed by atoms with Gasteiger partial charge in [-0.1, -0.05) is 13.0 Å². The topological polar surface area (TPSA) is 95.3 Å². The Morgan fingerprint density at radius 2 is 2.00 bits per heavy atom. The van der Waals surface area contributed by atoms with Crippen LogP contribution in [0.5, 0.6) is 0 Å². The summed E-state index contributed by atoms with van der Waals surface area (Å²) in [5.41, 5.74) is 3.12. The van der Waals surface area contributed by atoms with Crippen LogP contribution in [0.4, 0.5) is 0 Å². The van der Waals surface area contributed by atoms with Gasteiger partial charge in [0.15, 0.2) is 0 Å². The van der Waals surface area contributed by atoms with Crippen LogP contribution in [-0.2, 0) is 20.1 Å². The molecular formula is C18H18N2O4. The number of H-pyrrole nitrogens is 1. The average Bonchev–Trinajstić information content (AvgIpc) is 2.89. The molecule has 0 saturated carbocycles. The number of aromatic amines is 1. The van der Waals surface area contributed by atoms with E-state index in [1.807, 2.05) is 42.8 Å². The van der Waals surface area contributed by atoms with Gasteiger partial charge in [-0.25, -0.2) is 4.79 Å². The molecule has 0 bridgehead atoms. The van der Waals surface area contributed by atoms with Crippen LogP contribution >= 0.6 is 0 Å². The monoisotopic (exact) mass is 326 g/mol. The van der Waals surface area contributed by atoms with Crippen LogP contribution in [0, 0.1) is 0 Å². The maximum Gasteiger partial charge on any atom is 0.341 e. The minimum absolute atomic E-state index is 0.0507. The number of benzene rings is 1. The van der Waals surface area contributed by atoms with E-state index in [4.69, 9.17) is 5.11 Å². The number of aliphatic hydroxyl groups is 1. The van der Waals surface area contributed by atoms with Gasteiger partial charge in [0.1, 0.15) is 5.56 Å². The van der Waals surface area contributed by atoms with Gasteiger partial charge in [0.25, 0.3) is 5.56 Å². The number of carboxylic acid groups (broad SMARTS) is 1. The maximum absolute atomic E-state index is 12.0. The number of fused-ring (bicyclic) bond motifs is 1. The zero-order valence-electron chi connectivity index (χ0n) is 13.5. The first-order valence-corrected chi connectivity index (χ1v) is 7.65. The molecule has 0 spiro atoms. The number of aryl methyl sites for hydroxylation is 2. The van der Waals surface area contributed by atoms with E-state index in [1.165, 1.54) is 6.07 Å². The Balaban J connectivity index is 2.21. The summed E-state index contributed by atoms with van der Waals surface area (Å²) in [6, 6.07) is 9.07. The second kappa shape index (κ2) is 5.98. The standard InChI is InChI=1S/C18H18N2O4/c1-3-10-8-14(18(23)24)17(22)19-16(10)11-4-5-15-12(6-11)7-13(9-21)20(15)2/h4-8,21H,3,9H2,1-2H3,(H,19,22)(H,23,24). The van der Waals surface area contributed by atoms with Crippen molar-refractivity contribution in [2.45, 2.75) is 20.0 Å². The second-order valence-electron chi connectivity index (χ2n) is 5.70. The van der Waals surface area contributed by atoms with E-state index < -0.39 is 11.5 Å². The summed E-state index contributed by atoms with van der Waals surface area (Å²) < 4.78 is 1.91. The van der Waals surface area contributed by atoms with Crippen LogP contribution in [0.3, 0.4) is 0 Å². The number of aromatic nitrogens is 2. The van der Waals surface area contributed by atoms with Crippen molar-refractivity contribution in [3.63, 3.8) is 0 Å². The van der Waals surface area contributed by atoms with Gasteiger partial charge in [-0.2, -0.15) is 0 Å². The number of carboxylic acids is 1. The lowest BCUT2D eigenvalue weighted by Gasteiger charge is -2.10. The largest absolute Gasteiger partial charge is 0.477 e. The molecule has 0 aliphatic rings. The SMILES string of the molecule is CCc1cc(C(=O)O)c(=O)[nH]c1-c1ccc2c(c1)cc(CO)n2C. The maximum atomic E-state index is 12.0. The van der Waals surface area contributed by atoms with Gasteiger partial charge in [0.2, 0.25) is 0 Å². The summed E-state index contributed by atoms with van der Waals surface area (Å²) in [6.07, 6.45) is 0.598. The van der Waals surface area contributed by atoms with E-state index in [1.54, 1.807) is 0 Å². The molecule has 0 atom stereocenters. The molecule has 0 amide bonds. The van der Waals surface area contributed by atoms with Crippen molar-refractivity contribution in [3.05, 3.63) is 57.5 Å². The number of hydrogen-bond acceptors (Lipinski definition) is 3. The minimum atomic E-state index is -1.23. The Labute approximate surface area is 138 Å². The van der Waals surface area contributed by atoms with Crippen molar-refractivity contribution < 1.29 is 15.0 Å². The Hall–Kier alpha value is -2.86. The third kappa shape index (κ3) is 2.51. The lowest BCUT2D eigenvalue weighted by molar-refractivity contribution is 0.0695. The van der Waals surface area contributed by atoms with Gasteiger partial charge in [-0.3, -0.25) is 4.79 Å². The average molecular weight is 326 g/mol. The fourth-order valence-electron chi connectivity index (χ4n) is 2.98. The van der Waals surface area contributed by atoms with E-state index >= 15 is 0 Å². The van der Waals surface area contributed by atoms with Gasteiger partial charge >= 0.3 is 5.97 Å². The van der Waals surface area contributed by atoms with Crippen molar-refractivity contribution in [2.24, 2.45) is 7.05 Å². The first-order chi connectivity index (χ1) is 11.5. The van der Waals surface area contributed by atoms with E-state index in [2.05, 4.69) is 4.98 Å². The normalized spacial score (nSPS) is 11.1. The zero-order valence-corrected chi connectivity index (χ0v) is 13.5. The second-order valence-corrected chi connectivity index (χ2v) is 5.70. The molecule has 24 heavy (non-hydrogen) atoms. The summed E-state index contributed by atoms with van der Waals surface area (Å²) >= 11 is 0. The van der Waals surface area contributed by atoms with Gasteiger partial charge < -0.3 is 19.8 Å². The predicted octanol–water partition coefficient (Wildman–Crippen LogP) is 2.29. The molecule has 0 radical (unpaired) electrons. The molecule has 1 aromatic carbocycles. The van der Waals surface area contributed by atoms with Gasteiger partial charge in [0, 0.05) is 23.6 Å². The molecule has 0 saturated heterocycles. The summed E-state index contributed by atoms with van der Waals surface area (Å²) in [7, 11) is 1.88. The van der Waals surface area contributed by atoms with Crippen molar-refractivity contribution >= 4 is 16.9 Å². The van der Waals surface area contributed by atoms with Crippen LogP contribution in [0.15, 0.2) is 35.1 Å². The summed E-state index contributed by atoms with van der Waals surface area (Å²) in [4.78, 5) is 25.9. The van der Waals surface area contributed by atoms with Crippen molar-refractivity contribution in [2.75, 3.05) is 0 Å². The van der Waals surface area contributed by atoms with E-state index in [0.717, 1.165) is 27.7 Å². The number of pyridine rings is 1. The smallest absolute Gasteiger partial charge is 0.341 e. The lowest BCUT2D eigenvalue weighted by atomic mass is 10.0. The number of hydrogen-bond donors (Lipinski definition) is 3. The fraction of sp³-hybridized carbons (Fsp3) is 0.222. The van der Waals surface area contributed by atoms with E-state index in [-0.39, 0.29) is 12.2 Å². The molecule has 6 nitrogen and oxygen atoms in total. The summed E-state index contributed by atoms with van der Waals surface area (Å²) in [5.74, 6) is -1.23. The summed E-state index contributed by atoms with van der Waals surface area (Å²) in [5, 5.41) is 19.4. The molecule has 2 aromatic heterocycles. The highest BCUT2D eigenvalue weighted by atomic mass is 16.4.